The third-order valence-electron chi connectivity index (χ3n) is 3.72. The molecule has 0 spiro atoms. The predicted molar refractivity (Wildman–Crippen MR) is 81.8 cm³/mol. The van der Waals surface area contributed by atoms with Crippen LogP contribution in [0.5, 0.6) is 0 Å². The van der Waals surface area contributed by atoms with Gasteiger partial charge in [0.1, 0.15) is 5.01 Å². The molecule has 0 fully saturated rings. The molecule has 0 atom stereocenters. The van der Waals surface area contributed by atoms with E-state index in [4.69, 9.17) is 5.73 Å². The maximum absolute atomic E-state index is 5.87. The Balaban J connectivity index is 1.87. The molecule has 0 saturated heterocycles. The molecule has 0 bridgehead atoms. The number of hydrogen-bond donors (Lipinski definition) is 1. The van der Waals surface area contributed by atoms with Crippen LogP contribution in [0.1, 0.15) is 27.6 Å². The van der Waals surface area contributed by atoms with Crippen LogP contribution in [0.15, 0.2) is 18.2 Å². The van der Waals surface area contributed by atoms with E-state index in [0.717, 1.165) is 30.9 Å². The van der Waals surface area contributed by atoms with Crippen molar-refractivity contribution in [3.05, 3.63) is 39.3 Å². The van der Waals surface area contributed by atoms with Crippen molar-refractivity contribution >= 4 is 22.7 Å². The van der Waals surface area contributed by atoms with Gasteiger partial charge >= 0.3 is 0 Å². The van der Waals surface area contributed by atoms with Gasteiger partial charge in [0, 0.05) is 22.8 Å². The molecular weight excluding hydrogens is 254 g/mol. The predicted octanol–water partition coefficient (Wildman–Crippen LogP) is 3.29. The third-order valence-corrected chi connectivity index (χ3v) is 4.77. The lowest BCUT2D eigenvalue weighted by Gasteiger charge is -2.30. The van der Waals surface area contributed by atoms with Crippen LogP contribution in [0.3, 0.4) is 0 Å². The Morgan fingerprint density at radius 3 is 2.95 bits per heavy atom. The molecule has 0 unspecified atom stereocenters. The fourth-order valence-electron chi connectivity index (χ4n) is 2.63. The molecule has 2 aromatic rings. The molecule has 1 aromatic heterocycles. The molecule has 19 heavy (non-hydrogen) atoms. The summed E-state index contributed by atoms with van der Waals surface area (Å²) in [6, 6.07) is 6.26. The standard InChI is InChI=1S/C15H19N3S/c1-10-11(2)19-15(17-10)9-18-7-3-4-12-8-13(16)5-6-14(12)18/h5-6,8H,3-4,7,9,16H2,1-2H3. The molecule has 100 valence electrons. The number of thiazole rings is 1. The van der Waals surface area contributed by atoms with Gasteiger partial charge in [0.15, 0.2) is 0 Å². The minimum absolute atomic E-state index is 0.863. The molecular formula is C15H19N3S. The van der Waals surface area contributed by atoms with E-state index in [0.29, 0.717) is 0 Å². The first-order chi connectivity index (χ1) is 9.13. The number of hydrogen-bond acceptors (Lipinski definition) is 4. The fourth-order valence-corrected chi connectivity index (χ4v) is 3.58. The number of aromatic nitrogens is 1. The molecule has 1 aliphatic heterocycles. The highest BCUT2D eigenvalue weighted by atomic mass is 32.1. The summed E-state index contributed by atoms with van der Waals surface area (Å²) in [5, 5.41) is 1.21. The van der Waals surface area contributed by atoms with Gasteiger partial charge < -0.3 is 10.6 Å². The largest absolute Gasteiger partial charge is 0.399 e. The number of rotatable bonds is 2. The van der Waals surface area contributed by atoms with Crippen molar-refractivity contribution in [2.24, 2.45) is 0 Å². The van der Waals surface area contributed by atoms with E-state index in [9.17, 15) is 0 Å². The molecule has 0 saturated carbocycles. The molecule has 1 aliphatic rings. The van der Waals surface area contributed by atoms with E-state index >= 15 is 0 Å². The first-order valence-electron chi connectivity index (χ1n) is 6.70. The van der Waals surface area contributed by atoms with Gasteiger partial charge in [0.05, 0.1) is 12.2 Å². The minimum atomic E-state index is 0.863. The number of nitrogen functional groups attached to an aromatic ring is 1. The Kier molecular flexibility index (Phi) is 3.19. The zero-order valence-electron chi connectivity index (χ0n) is 11.4. The average molecular weight is 273 g/mol. The van der Waals surface area contributed by atoms with Crippen LogP contribution < -0.4 is 10.6 Å². The average Bonchev–Trinajstić information content (AvgIpc) is 2.68. The maximum atomic E-state index is 5.87. The van der Waals surface area contributed by atoms with E-state index < -0.39 is 0 Å². The van der Waals surface area contributed by atoms with E-state index in [1.165, 1.54) is 27.6 Å². The molecule has 0 radical (unpaired) electrons. The molecule has 1 aromatic carbocycles. The SMILES string of the molecule is Cc1nc(CN2CCCc3cc(N)ccc32)sc1C. The number of fused-ring (bicyclic) bond motifs is 1. The van der Waals surface area contributed by atoms with Crippen LogP contribution in [0.25, 0.3) is 0 Å². The Bertz CT molecular complexity index is 584. The molecule has 2 N–H and O–H groups in total. The maximum Gasteiger partial charge on any atom is 0.112 e. The van der Waals surface area contributed by atoms with Crippen LogP contribution in [0.4, 0.5) is 11.4 Å². The number of nitrogens with two attached hydrogens (primary N) is 1. The van der Waals surface area contributed by atoms with E-state index in [1.54, 1.807) is 0 Å². The Morgan fingerprint density at radius 2 is 2.21 bits per heavy atom. The second-order valence-electron chi connectivity index (χ2n) is 5.16. The van der Waals surface area contributed by atoms with Crippen LogP contribution in [0.2, 0.25) is 0 Å². The van der Waals surface area contributed by atoms with Crippen molar-refractivity contribution in [1.29, 1.82) is 0 Å². The van der Waals surface area contributed by atoms with Gasteiger partial charge in [0.25, 0.3) is 0 Å². The van der Waals surface area contributed by atoms with E-state index in [1.807, 2.05) is 17.4 Å². The van der Waals surface area contributed by atoms with Crippen molar-refractivity contribution in [3.63, 3.8) is 0 Å². The molecule has 3 rings (SSSR count). The van der Waals surface area contributed by atoms with Gasteiger partial charge in [-0.1, -0.05) is 0 Å². The highest BCUT2D eigenvalue weighted by Gasteiger charge is 2.18. The summed E-state index contributed by atoms with van der Waals surface area (Å²) in [6.45, 7) is 6.24. The minimum Gasteiger partial charge on any atom is -0.399 e. The summed E-state index contributed by atoms with van der Waals surface area (Å²) in [4.78, 5) is 8.40. The van der Waals surface area contributed by atoms with Gasteiger partial charge in [0.2, 0.25) is 0 Å². The van der Waals surface area contributed by atoms with E-state index in [2.05, 4.69) is 35.9 Å². The molecule has 2 heterocycles. The molecule has 0 aliphatic carbocycles. The summed E-state index contributed by atoms with van der Waals surface area (Å²) in [5.74, 6) is 0. The van der Waals surface area contributed by atoms with Crippen molar-refractivity contribution in [2.45, 2.75) is 33.2 Å². The van der Waals surface area contributed by atoms with Gasteiger partial charge in [-0.3, -0.25) is 0 Å². The molecule has 3 nitrogen and oxygen atoms in total. The zero-order chi connectivity index (χ0) is 13.4. The lowest BCUT2D eigenvalue weighted by atomic mass is 10.0. The van der Waals surface area contributed by atoms with Crippen LogP contribution in [-0.2, 0) is 13.0 Å². The number of nitrogens with zero attached hydrogens (tertiary/aromatic N) is 2. The topological polar surface area (TPSA) is 42.2 Å². The van der Waals surface area contributed by atoms with Gasteiger partial charge in [-0.25, -0.2) is 4.98 Å². The molecule has 4 heteroatoms. The summed E-state index contributed by atoms with van der Waals surface area (Å²) in [7, 11) is 0. The quantitative estimate of drug-likeness (QED) is 0.854. The third kappa shape index (κ3) is 2.45. The summed E-state index contributed by atoms with van der Waals surface area (Å²) >= 11 is 1.81. The van der Waals surface area contributed by atoms with Crippen molar-refractivity contribution in [1.82, 2.24) is 4.98 Å². The molecule has 0 amide bonds. The normalized spacial score (nSPS) is 14.5. The number of anilines is 2. The van der Waals surface area contributed by atoms with Crippen molar-refractivity contribution < 1.29 is 0 Å². The highest BCUT2D eigenvalue weighted by molar-refractivity contribution is 7.11. The van der Waals surface area contributed by atoms with Gasteiger partial charge in [-0.05, 0) is 50.5 Å². The Labute approximate surface area is 118 Å². The van der Waals surface area contributed by atoms with E-state index in [-0.39, 0.29) is 0 Å². The van der Waals surface area contributed by atoms with Crippen LogP contribution in [-0.4, -0.2) is 11.5 Å². The fraction of sp³-hybridized carbons (Fsp3) is 0.400. The van der Waals surface area contributed by atoms with Gasteiger partial charge in [-0.15, -0.1) is 11.3 Å². The van der Waals surface area contributed by atoms with Crippen molar-refractivity contribution in [3.8, 4) is 0 Å². The number of benzene rings is 1. The monoisotopic (exact) mass is 273 g/mol. The lowest BCUT2D eigenvalue weighted by Crippen LogP contribution is -2.28. The second-order valence-corrected chi connectivity index (χ2v) is 6.45. The van der Waals surface area contributed by atoms with Crippen LogP contribution >= 0.6 is 11.3 Å². The second kappa shape index (κ2) is 4.85. The Hall–Kier alpha value is -1.55. The first-order valence-corrected chi connectivity index (χ1v) is 7.51. The zero-order valence-corrected chi connectivity index (χ0v) is 12.3. The van der Waals surface area contributed by atoms with Crippen molar-refractivity contribution in [2.75, 3.05) is 17.2 Å². The Morgan fingerprint density at radius 1 is 1.37 bits per heavy atom. The summed E-state index contributed by atoms with van der Waals surface area (Å²) in [6.07, 6.45) is 2.33. The number of aryl methyl sites for hydroxylation is 3. The smallest absolute Gasteiger partial charge is 0.112 e. The first kappa shape index (κ1) is 12.5. The van der Waals surface area contributed by atoms with Gasteiger partial charge in [-0.2, -0.15) is 0 Å². The highest BCUT2D eigenvalue weighted by Crippen LogP contribution is 2.30. The lowest BCUT2D eigenvalue weighted by molar-refractivity contribution is 0.689. The summed E-state index contributed by atoms with van der Waals surface area (Å²) in [5.41, 5.74) is 10.6. The van der Waals surface area contributed by atoms with Crippen LogP contribution in [0, 0.1) is 13.8 Å². The summed E-state index contributed by atoms with van der Waals surface area (Å²) < 4.78 is 0.